The van der Waals surface area contributed by atoms with Gasteiger partial charge in [-0.15, -0.1) is 0 Å². The molecule has 0 fully saturated rings. The molecule has 0 aliphatic heterocycles. The van der Waals surface area contributed by atoms with Gasteiger partial charge in [0.1, 0.15) is 13.2 Å². The second kappa shape index (κ2) is 53.2. The molecule has 0 amide bonds. The Hall–Kier alpha value is -2.37. The number of unbranched alkanes of at least 4 members (excludes halogenated alkanes) is 34. The molecule has 0 aromatic heterocycles. The van der Waals surface area contributed by atoms with E-state index in [2.05, 4.69) is 57.2 Å². The fraction of sp³-hybridized carbons (Fsp3) is 0.845. The summed E-state index contributed by atoms with van der Waals surface area (Å²) in [7, 11) is 0. The molecule has 374 valence electrons. The van der Waals surface area contributed by atoms with Gasteiger partial charge in [-0.1, -0.05) is 263 Å². The van der Waals surface area contributed by atoms with Gasteiger partial charge >= 0.3 is 17.9 Å². The SMILES string of the molecule is CCCCCCCC/C=C\C/C=C\C/C=C\CCCC(=O)OC[C@H](COC(=O)CCCCCCCCCCCCCC)OC(=O)CCCCCCCCCCCCCCCCCCC. The summed E-state index contributed by atoms with van der Waals surface area (Å²) >= 11 is 0. The van der Waals surface area contributed by atoms with E-state index >= 15 is 0 Å². The van der Waals surface area contributed by atoms with Gasteiger partial charge in [-0.05, 0) is 51.4 Å². The molecule has 0 saturated carbocycles. The molecular weight excluding hydrogens is 793 g/mol. The topological polar surface area (TPSA) is 78.9 Å². The maximum Gasteiger partial charge on any atom is 0.306 e. The Morgan fingerprint density at radius 3 is 0.938 bits per heavy atom. The van der Waals surface area contributed by atoms with Crippen molar-refractivity contribution in [3.05, 3.63) is 36.5 Å². The summed E-state index contributed by atoms with van der Waals surface area (Å²) < 4.78 is 16.8. The van der Waals surface area contributed by atoms with Gasteiger partial charge in [-0.2, -0.15) is 0 Å². The lowest BCUT2D eigenvalue weighted by Gasteiger charge is -2.18. The minimum Gasteiger partial charge on any atom is -0.462 e. The van der Waals surface area contributed by atoms with Gasteiger partial charge in [-0.25, -0.2) is 0 Å². The van der Waals surface area contributed by atoms with Gasteiger partial charge < -0.3 is 14.2 Å². The van der Waals surface area contributed by atoms with Crippen molar-refractivity contribution in [1.29, 1.82) is 0 Å². The Balaban J connectivity index is 4.39. The number of carbonyl (C=O) groups is 3. The highest BCUT2D eigenvalue weighted by Gasteiger charge is 2.19. The lowest BCUT2D eigenvalue weighted by Crippen LogP contribution is -2.30. The normalized spacial score (nSPS) is 12.2. The Labute approximate surface area is 397 Å². The van der Waals surface area contributed by atoms with Crippen LogP contribution in [0.3, 0.4) is 0 Å². The third kappa shape index (κ3) is 50.6. The van der Waals surface area contributed by atoms with Crippen LogP contribution in [0.15, 0.2) is 36.5 Å². The maximum atomic E-state index is 12.8. The van der Waals surface area contributed by atoms with Crippen LogP contribution in [0.2, 0.25) is 0 Å². The van der Waals surface area contributed by atoms with Gasteiger partial charge in [-0.3, -0.25) is 14.4 Å². The van der Waals surface area contributed by atoms with Crippen molar-refractivity contribution in [2.75, 3.05) is 13.2 Å². The van der Waals surface area contributed by atoms with Gasteiger partial charge in [0.2, 0.25) is 0 Å². The minimum atomic E-state index is -0.787. The van der Waals surface area contributed by atoms with E-state index in [4.69, 9.17) is 14.2 Å². The number of hydrogen-bond donors (Lipinski definition) is 0. The summed E-state index contributed by atoms with van der Waals surface area (Å²) in [4.78, 5) is 38.0. The van der Waals surface area contributed by atoms with Crippen molar-refractivity contribution in [3.63, 3.8) is 0 Å². The molecule has 0 rings (SSSR count). The first-order valence-electron chi connectivity index (χ1n) is 28.0. The summed E-state index contributed by atoms with van der Waals surface area (Å²) in [5.41, 5.74) is 0. The molecule has 6 heteroatoms. The van der Waals surface area contributed by atoms with Crippen molar-refractivity contribution in [2.45, 2.75) is 303 Å². The summed E-state index contributed by atoms with van der Waals surface area (Å²) in [6, 6.07) is 0. The summed E-state index contributed by atoms with van der Waals surface area (Å²) in [5.74, 6) is -0.922. The molecule has 0 aromatic carbocycles. The predicted octanol–water partition coefficient (Wildman–Crippen LogP) is 18.5. The van der Waals surface area contributed by atoms with Crippen molar-refractivity contribution in [2.24, 2.45) is 0 Å². The highest BCUT2D eigenvalue weighted by Crippen LogP contribution is 2.16. The fourth-order valence-corrected chi connectivity index (χ4v) is 8.17. The van der Waals surface area contributed by atoms with Crippen LogP contribution in [0.1, 0.15) is 297 Å². The molecular formula is C58H106O6. The van der Waals surface area contributed by atoms with Gasteiger partial charge in [0.25, 0.3) is 0 Å². The minimum absolute atomic E-state index is 0.0830. The Morgan fingerprint density at radius 2 is 0.578 bits per heavy atom. The summed E-state index contributed by atoms with van der Waals surface area (Å²) in [6.45, 7) is 6.62. The Kier molecular flexibility index (Phi) is 51.3. The van der Waals surface area contributed by atoms with Gasteiger partial charge in [0, 0.05) is 19.3 Å². The van der Waals surface area contributed by atoms with Crippen LogP contribution in [0.25, 0.3) is 0 Å². The van der Waals surface area contributed by atoms with E-state index in [-0.39, 0.29) is 31.1 Å². The monoisotopic (exact) mass is 899 g/mol. The zero-order valence-corrected chi connectivity index (χ0v) is 42.8. The average Bonchev–Trinajstić information content (AvgIpc) is 3.29. The van der Waals surface area contributed by atoms with E-state index in [1.54, 1.807) is 0 Å². The van der Waals surface area contributed by atoms with Crippen molar-refractivity contribution in [1.82, 2.24) is 0 Å². The van der Waals surface area contributed by atoms with Crippen LogP contribution in [0.5, 0.6) is 0 Å². The molecule has 0 saturated heterocycles. The zero-order chi connectivity index (χ0) is 46.5. The number of allylic oxidation sites excluding steroid dienone is 6. The highest BCUT2D eigenvalue weighted by atomic mass is 16.6. The predicted molar refractivity (Wildman–Crippen MR) is 275 cm³/mol. The van der Waals surface area contributed by atoms with Crippen LogP contribution >= 0.6 is 0 Å². The van der Waals surface area contributed by atoms with E-state index < -0.39 is 6.10 Å². The van der Waals surface area contributed by atoms with E-state index in [9.17, 15) is 14.4 Å². The van der Waals surface area contributed by atoms with Crippen LogP contribution in [0, 0.1) is 0 Å². The molecule has 64 heavy (non-hydrogen) atoms. The second-order valence-electron chi connectivity index (χ2n) is 18.9. The summed E-state index contributed by atoms with van der Waals surface area (Å²) in [5, 5.41) is 0. The first-order chi connectivity index (χ1) is 31.5. The number of carbonyl (C=O) groups excluding carboxylic acids is 3. The van der Waals surface area contributed by atoms with Crippen molar-refractivity contribution >= 4 is 17.9 Å². The van der Waals surface area contributed by atoms with Crippen molar-refractivity contribution in [3.8, 4) is 0 Å². The molecule has 0 N–H and O–H groups in total. The zero-order valence-electron chi connectivity index (χ0n) is 42.8. The molecule has 0 radical (unpaired) electrons. The second-order valence-corrected chi connectivity index (χ2v) is 18.9. The third-order valence-electron chi connectivity index (χ3n) is 12.4. The van der Waals surface area contributed by atoms with Gasteiger partial charge in [0.05, 0.1) is 0 Å². The lowest BCUT2D eigenvalue weighted by atomic mass is 10.0. The summed E-state index contributed by atoms with van der Waals surface area (Å²) in [6.07, 6.45) is 62.8. The largest absolute Gasteiger partial charge is 0.462 e. The lowest BCUT2D eigenvalue weighted by molar-refractivity contribution is -0.167. The number of ether oxygens (including phenoxy) is 3. The smallest absolute Gasteiger partial charge is 0.306 e. The van der Waals surface area contributed by atoms with Gasteiger partial charge in [0.15, 0.2) is 6.10 Å². The first-order valence-corrected chi connectivity index (χ1v) is 28.0. The first kappa shape index (κ1) is 61.6. The van der Waals surface area contributed by atoms with E-state index in [0.29, 0.717) is 25.7 Å². The molecule has 0 unspecified atom stereocenters. The molecule has 6 nitrogen and oxygen atoms in total. The third-order valence-corrected chi connectivity index (χ3v) is 12.4. The average molecular weight is 899 g/mol. The quantitative estimate of drug-likeness (QED) is 0.0262. The van der Waals surface area contributed by atoms with Crippen molar-refractivity contribution < 1.29 is 28.6 Å². The van der Waals surface area contributed by atoms with Crippen LogP contribution in [-0.4, -0.2) is 37.2 Å². The van der Waals surface area contributed by atoms with Crippen LogP contribution < -0.4 is 0 Å². The van der Waals surface area contributed by atoms with E-state index in [0.717, 1.165) is 57.8 Å². The van der Waals surface area contributed by atoms with Crippen LogP contribution in [0.4, 0.5) is 0 Å². The maximum absolute atomic E-state index is 12.8. The highest BCUT2D eigenvalue weighted by molar-refractivity contribution is 5.71. The van der Waals surface area contributed by atoms with E-state index in [1.807, 2.05) is 0 Å². The Morgan fingerprint density at radius 1 is 0.312 bits per heavy atom. The van der Waals surface area contributed by atoms with Crippen LogP contribution in [-0.2, 0) is 28.6 Å². The molecule has 0 heterocycles. The fourth-order valence-electron chi connectivity index (χ4n) is 8.17. The number of hydrogen-bond acceptors (Lipinski definition) is 6. The number of rotatable bonds is 51. The molecule has 1 atom stereocenters. The molecule has 0 aliphatic carbocycles. The Bertz CT molecular complexity index is 1080. The molecule has 0 aliphatic rings. The molecule has 0 aromatic rings. The molecule has 0 bridgehead atoms. The number of esters is 3. The molecule has 0 spiro atoms. The standard InChI is InChI=1S/C58H106O6/c1-4-7-10-13-16-19-22-25-27-29-31-33-36-39-42-45-48-51-57(60)63-54-55(53-62-56(59)50-47-44-41-38-35-24-21-18-15-12-9-6-3)64-58(61)52-49-46-43-40-37-34-32-30-28-26-23-20-17-14-11-8-5-2/h25,27,31,33,39,42,55H,4-24,26,28-30,32,34-38,40-41,43-54H2,1-3H3/b27-25-,33-31-,42-39-/t55-/m0/s1. The van der Waals surface area contributed by atoms with E-state index in [1.165, 1.54) is 193 Å².